The van der Waals surface area contributed by atoms with Gasteiger partial charge in [0.2, 0.25) is 0 Å². The lowest BCUT2D eigenvalue weighted by molar-refractivity contribution is 0.768. The number of hydrogen-bond donors (Lipinski definition) is 0. The predicted molar refractivity (Wildman–Crippen MR) is 300 cm³/mol. The molecule has 2 nitrogen and oxygen atoms in total. The van der Waals surface area contributed by atoms with Crippen molar-refractivity contribution in [3.63, 3.8) is 0 Å². The molecule has 1 heterocycles. The van der Waals surface area contributed by atoms with Gasteiger partial charge in [0.1, 0.15) is 0 Å². The highest BCUT2D eigenvalue weighted by molar-refractivity contribution is 6.11. The third-order valence-electron chi connectivity index (χ3n) is 15.9. The first-order chi connectivity index (χ1) is 35.7. The van der Waals surface area contributed by atoms with Crippen LogP contribution in [0.3, 0.4) is 0 Å². The zero-order valence-electron chi connectivity index (χ0n) is 40.3. The van der Waals surface area contributed by atoms with E-state index in [-0.39, 0.29) is 0 Å². The number of nitrogens with zero attached hydrogens (tertiary/aromatic N) is 2. The van der Waals surface area contributed by atoms with Gasteiger partial charge in [0.15, 0.2) is 0 Å². The molecule has 0 bridgehead atoms. The minimum atomic E-state index is -0.491. The SMILES string of the molecule is CC.c1ccc(-n2c3ccccc3c3cc(N(c4ccc5c(c4)-c4ccccc4C5(c4ccccc4)c4ccccc4)c4ccc5c(c4)-c4ccccc4C54c5ccccc5-c5ccccc54)ccc32)cc1. The molecule has 0 saturated heterocycles. The van der Waals surface area contributed by atoms with Crippen molar-refractivity contribution in [1.29, 1.82) is 0 Å². The Morgan fingerprint density at radius 1 is 0.278 bits per heavy atom. The average Bonchev–Trinajstić information content (AvgIpc) is 4.15. The van der Waals surface area contributed by atoms with E-state index >= 15 is 0 Å². The van der Waals surface area contributed by atoms with Gasteiger partial charge in [-0.3, -0.25) is 0 Å². The molecule has 0 atom stereocenters. The zero-order chi connectivity index (χ0) is 48.0. The summed E-state index contributed by atoms with van der Waals surface area (Å²) in [4.78, 5) is 2.51. The summed E-state index contributed by atoms with van der Waals surface area (Å²) < 4.78 is 2.40. The molecule has 2 heteroatoms. The zero-order valence-corrected chi connectivity index (χ0v) is 40.3. The number of rotatable bonds is 6. The summed E-state index contributed by atoms with van der Waals surface area (Å²) in [6.45, 7) is 4.00. The molecular weight excluding hydrogens is 869 g/mol. The summed E-state index contributed by atoms with van der Waals surface area (Å²) in [6.07, 6.45) is 0. The molecule has 72 heavy (non-hydrogen) atoms. The average molecular weight is 919 g/mol. The van der Waals surface area contributed by atoms with Crippen molar-refractivity contribution in [3.05, 3.63) is 311 Å². The summed E-state index contributed by atoms with van der Waals surface area (Å²) in [5.74, 6) is 0. The second kappa shape index (κ2) is 16.3. The lowest BCUT2D eigenvalue weighted by Gasteiger charge is -2.34. The Bertz CT molecular complexity index is 3890. The number of benzene rings is 11. The molecule has 0 N–H and O–H groups in total. The molecule has 3 aliphatic carbocycles. The molecule has 0 saturated carbocycles. The second-order valence-electron chi connectivity index (χ2n) is 19.1. The van der Waals surface area contributed by atoms with E-state index in [1.807, 2.05) is 13.8 Å². The molecule has 0 aliphatic heterocycles. The van der Waals surface area contributed by atoms with Crippen LogP contribution in [0.1, 0.15) is 58.4 Å². The summed E-state index contributed by atoms with van der Waals surface area (Å²) in [5, 5.41) is 2.44. The van der Waals surface area contributed by atoms with Crippen molar-refractivity contribution in [2.24, 2.45) is 0 Å². The van der Waals surface area contributed by atoms with Crippen LogP contribution in [0.2, 0.25) is 0 Å². The largest absolute Gasteiger partial charge is 0.310 e. The summed E-state index contributed by atoms with van der Waals surface area (Å²) in [7, 11) is 0. The highest BCUT2D eigenvalue weighted by Gasteiger charge is 2.52. The Kier molecular flexibility index (Phi) is 9.50. The quantitative estimate of drug-likeness (QED) is 0.161. The Hall–Kier alpha value is -8.98. The lowest BCUT2D eigenvalue weighted by Crippen LogP contribution is -2.28. The van der Waals surface area contributed by atoms with Crippen LogP contribution in [-0.4, -0.2) is 4.57 Å². The van der Waals surface area contributed by atoms with Gasteiger partial charge in [-0.15, -0.1) is 0 Å². The number of hydrogen-bond acceptors (Lipinski definition) is 1. The first-order valence-corrected chi connectivity index (χ1v) is 25.4. The third-order valence-corrected chi connectivity index (χ3v) is 15.9. The van der Waals surface area contributed by atoms with E-state index in [0.717, 1.165) is 22.7 Å². The maximum absolute atomic E-state index is 2.51. The molecule has 3 aliphatic rings. The fourth-order valence-corrected chi connectivity index (χ4v) is 13.2. The van der Waals surface area contributed by atoms with Crippen LogP contribution in [0.15, 0.2) is 267 Å². The normalized spacial score (nSPS) is 13.6. The van der Waals surface area contributed by atoms with Gasteiger partial charge < -0.3 is 9.47 Å². The van der Waals surface area contributed by atoms with E-state index in [1.54, 1.807) is 0 Å². The monoisotopic (exact) mass is 918 g/mol. The Balaban J connectivity index is 0.00000238. The minimum Gasteiger partial charge on any atom is -0.310 e. The smallest absolute Gasteiger partial charge is 0.0725 e. The van der Waals surface area contributed by atoms with E-state index in [9.17, 15) is 0 Å². The van der Waals surface area contributed by atoms with Crippen molar-refractivity contribution in [2.75, 3.05) is 4.90 Å². The lowest BCUT2D eigenvalue weighted by atomic mass is 9.68. The van der Waals surface area contributed by atoms with Gasteiger partial charge in [-0.25, -0.2) is 0 Å². The maximum Gasteiger partial charge on any atom is 0.0725 e. The number of fused-ring (bicyclic) bond motifs is 16. The molecule has 1 spiro atoms. The van der Waals surface area contributed by atoms with Crippen molar-refractivity contribution >= 4 is 38.9 Å². The Labute approximate surface area is 421 Å². The first kappa shape index (κ1) is 41.9. The fraction of sp³-hybridized carbons (Fsp3) is 0.0571. The van der Waals surface area contributed by atoms with Crippen molar-refractivity contribution in [3.8, 4) is 39.1 Å². The van der Waals surface area contributed by atoms with E-state index in [1.165, 1.54) is 99.7 Å². The molecule has 15 rings (SSSR count). The van der Waals surface area contributed by atoms with E-state index in [4.69, 9.17) is 0 Å². The fourth-order valence-electron chi connectivity index (χ4n) is 13.2. The molecule has 12 aromatic rings. The van der Waals surface area contributed by atoms with Crippen molar-refractivity contribution in [1.82, 2.24) is 4.57 Å². The molecular formula is C70H50N2. The summed E-state index contributed by atoms with van der Waals surface area (Å²) in [5.41, 5.74) is 24.1. The molecule has 0 unspecified atom stereocenters. The van der Waals surface area contributed by atoms with Crippen LogP contribution >= 0.6 is 0 Å². The predicted octanol–water partition coefficient (Wildman–Crippen LogP) is 18.0. The van der Waals surface area contributed by atoms with Crippen LogP contribution in [0.4, 0.5) is 17.1 Å². The highest BCUT2D eigenvalue weighted by Crippen LogP contribution is 2.64. The van der Waals surface area contributed by atoms with Gasteiger partial charge in [-0.05, 0) is 139 Å². The minimum absolute atomic E-state index is 0.420. The third kappa shape index (κ3) is 5.66. The molecule has 11 aromatic carbocycles. The van der Waals surface area contributed by atoms with Crippen molar-refractivity contribution < 1.29 is 0 Å². The first-order valence-electron chi connectivity index (χ1n) is 25.4. The van der Waals surface area contributed by atoms with Crippen LogP contribution in [0, 0.1) is 0 Å². The molecule has 1 aromatic heterocycles. The molecule has 0 radical (unpaired) electrons. The number of anilines is 3. The van der Waals surface area contributed by atoms with E-state index in [0.29, 0.717) is 0 Å². The molecule has 0 fully saturated rings. The van der Waals surface area contributed by atoms with Crippen molar-refractivity contribution in [2.45, 2.75) is 24.7 Å². The van der Waals surface area contributed by atoms with Crippen LogP contribution in [-0.2, 0) is 10.8 Å². The number of para-hydroxylation sites is 2. The molecule has 0 amide bonds. The van der Waals surface area contributed by atoms with Gasteiger partial charge in [-0.1, -0.05) is 220 Å². The second-order valence-corrected chi connectivity index (χ2v) is 19.1. The molecule has 340 valence electrons. The maximum atomic E-state index is 2.51. The van der Waals surface area contributed by atoms with Crippen LogP contribution in [0.25, 0.3) is 60.9 Å². The Morgan fingerprint density at radius 2 is 0.639 bits per heavy atom. The summed E-state index contributed by atoms with van der Waals surface area (Å²) in [6, 6.07) is 99.7. The van der Waals surface area contributed by atoms with Gasteiger partial charge in [-0.2, -0.15) is 0 Å². The van der Waals surface area contributed by atoms with Gasteiger partial charge >= 0.3 is 0 Å². The van der Waals surface area contributed by atoms with Crippen LogP contribution < -0.4 is 4.90 Å². The number of aromatic nitrogens is 1. The highest BCUT2D eigenvalue weighted by atomic mass is 15.1. The Morgan fingerprint density at radius 3 is 1.17 bits per heavy atom. The van der Waals surface area contributed by atoms with Crippen LogP contribution in [0.5, 0.6) is 0 Å². The topological polar surface area (TPSA) is 8.17 Å². The van der Waals surface area contributed by atoms with Gasteiger partial charge in [0, 0.05) is 33.5 Å². The van der Waals surface area contributed by atoms with E-state index < -0.39 is 10.8 Å². The van der Waals surface area contributed by atoms with E-state index in [2.05, 4.69) is 276 Å². The van der Waals surface area contributed by atoms with Gasteiger partial charge in [0.05, 0.1) is 21.9 Å². The van der Waals surface area contributed by atoms with Gasteiger partial charge in [0.25, 0.3) is 0 Å². The summed E-state index contributed by atoms with van der Waals surface area (Å²) >= 11 is 0. The standard InChI is InChI=1S/C68H44N2.C2H6/c1-4-20-45(21-5-1)67(46-22-6-2-7-23-46)59-31-15-12-28-53(59)56-42-48(36-39-63(56)67)69(50-38-41-66-58(44-50)55-30-14-19-35-65(55)70(66)47-24-8-3-9-25-47)49-37-40-64-57(43-49)54-29-13-18-34-62(54)68(64)60-32-16-10-26-51(60)52-27-11-17-33-61(52)68;1-2/h1-44H;1-2H3.